The van der Waals surface area contributed by atoms with Gasteiger partial charge in [-0.2, -0.15) is 0 Å². The molecule has 0 bridgehead atoms. The quantitative estimate of drug-likeness (QED) is 0.149. The molecule has 0 aliphatic carbocycles. The second kappa shape index (κ2) is 19.3. The molecule has 368 valence electrons. The van der Waals surface area contributed by atoms with Gasteiger partial charge in [-0.25, -0.2) is 4.98 Å². The summed E-state index contributed by atoms with van der Waals surface area (Å²) in [6.07, 6.45) is 1.92. The third-order valence-corrected chi connectivity index (χ3v) is 15.0. The summed E-state index contributed by atoms with van der Waals surface area (Å²) >= 11 is 0. The molecule has 75 heavy (non-hydrogen) atoms. The van der Waals surface area contributed by atoms with Crippen LogP contribution in [0.1, 0.15) is 77.6 Å². The van der Waals surface area contributed by atoms with Gasteiger partial charge in [0.1, 0.15) is 11.6 Å². The lowest BCUT2D eigenvalue weighted by molar-refractivity contribution is 0.477. The highest BCUT2D eigenvalue weighted by Gasteiger charge is 2.28. The Hall–Kier alpha value is -8.60. The molecule has 0 aliphatic heterocycles. The zero-order chi connectivity index (χ0) is 52.1. The number of fused-ring (bicyclic) bond motifs is 1. The predicted molar refractivity (Wildman–Crippen MR) is 315 cm³/mol. The van der Waals surface area contributed by atoms with Gasteiger partial charge in [-0.1, -0.05) is 219 Å². The van der Waals surface area contributed by atoms with Crippen LogP contribution >= 0.6 is 0 Å². The van der Waals surface area contributed by atoms with Crippen molar-refractivity contribution in [2.24, 2.45) is 0 Å². The van der Waals surface area contributed by atoms with E-state index < -0.39 is 0 Å². The van der Waals surface area contributed by atoms with E-state index in [0.29, 0.717) is 11.4 Å². The summed E-state index contributed by atoms with van der Waals surface area (Å²) in [6.45, 7) is 18.0. The second-order valence-corrected chi connectivity index (χ2v) is 22.5. The molecule has 0 saturated carbocycles. The Morgan fingerprint density at radius 1 is 0.360 bits per heavy atom. The molecule has 2 heterocycles. The van der Waals surface area contributed by atoms with Gasteiger partial charge in [0.15, 0.2) is 0 Å². The van der Waals surface area contributed by atoms with E-state index in [0.717, 1.165) is 89.2 Å². The molecule has 0 atom stereocenters. The molecule has 0 radical (unpaired) electrons. The number of hydrogen-bond acceptors (Lipinski definition) is 3. The van der Waals surface area contributed by atoms with Gasteiger partial charge < -0.3 is 5.11 Å². The zero-order valence-electron chi connectivity index (χ0n) is 44.2. The molecule has 0 amide bonds. The smallest absolute Gasteiger partial charge is 0.149 e. The Labute approximate surface area is 442 Å². The Morgan fingerprint density at radius 2 is 0.880 bits per heavy atom. The number of para-hydroxylation sites is 1. The van der Waals surface area contributed by atoms with Gasteiger partial charge in [0.25, 0.3) is 0 Å². The SMILES string of the molecule is CC(C)(C)c1ccc(-n2c(-c3cc(C(C)(C)C)cc(-c4ccccc4)c3O)nc3c(-c4cc(-c5ccccc5)cc(-c5cc(-c6ccc(C(C)(C)c7ccccc7)cc6)ccn5)c4)cccc32)c(-c2ccccc2)c1. The van der Waals surface area contributed by atoms with Crippen LogP contribution in [0.5, 0.6) is 5.75 Å². The summed E-state index contributed by atoms with van der Waals surface area (Å²) in [5, 5.41) is 12.8. The van der Waals surface area contributed by atoms with Gasteiger partial charge in [-0.3, -0.25) is 9.55 Å². The van der Waals surface area contributed by atoms with Crippen LogP contribution < -0.4 is 0 Å². The highest BCUT2D eigenvalue weighted by Crippen LogP contribution is 2.46. The van der Waals surface area contributed by atoms with Crippen molar-refractivity contribution in [1.29, 1.82) is 0 Å². The first-order valence-corrected chi connectivity index (χ1v) is 26.1. The van der Waals surface area contributed by atoms with Crippen LogP contribution in [0.4, 0.5) is 0 Å². The van der Waals surface area contributed by atoms with Gasteiger partial charge in [-0.15, -0.1) is 0 Å². The largest absolute Gasteiger partial charge is 0.507 e. The maximum atomic E-state index is 12.8. The monoisotopic (exact) mass is 973 g/mol. The second-order valence-electron chi connectivity index (χ2n) is 22.5. The number of hydrogen-bond donors (Lipinski definition) is 1. The van der Waals surface area contributed by atoms with Crippen LogP contribution in [-0.4, -0.2) is 19.6 Å². The normalized spacial score (nSPS) is 12.1. The number of nitrogens with zero attached hydrogens (tertiary/aromatic N) is 3. The lowest BCUT2D eigenvalue weighted by atomic mass is 9.78. The Bertz CT molecular complexity index is 3840. The standard InChI is InChI=1S/C71H63N3O/c1-69(2,3)57-36-37-64(60(44-57)49-24-15-10-16-25-49)74-65-31-21-30-59(66(65)73-68(74)62-46-58(70(4,5)6)45-61(67(62)75)50-26-17-11-18-27-50)53-40-52(47-22-13-9-14-23-47)41-54(42-53)63-43-51(38-39-72-63)48-32-34-56(35-33-48)71(7,8)55-28-19-12-20-29-55/h9-46,75H,1-8H3. The minimum atomic E-state index is -0.236. The Kier molecular flexibility index (Phi) is 12.6. The Balaban J connectivity index is 1.14. The summed E-state index contributed by atoms with van der Waals surface area (Å²) in [6, 6.07) is 79.8. The van der Waals surface area contributed by atoms with Crippen molar-refractivity contribution in [3.63, 3.8) is 0 Å². The van der Waals surface area contributed by atoms with Gasteiger partial charge in [0, 0.05) is 33.9 Å². The van der Waals surface area contributed by atoms with Crippen LogP contribution in [-0.2, 0) is 16.2 Å². The molecule has 0 aliphatic rings. The van der Waals surface area contributed by atoms with Crippen molar-refractivity contribution in [1.82, 2.24) is 14.5 Å². The fourth-order valence-corrected chi connectivity index (χ4v) is 10.5. The van der Waals surface area contributed by atoms with Gasteiger partial charge in [0.05, 0.1) is 28.0 Å². The topological polar surface area (TPSA) is 50.9 Å². The van der Waals surface area contributed by atoms with Crippen LogP contribution in [0.25, 0.3) is 95.0 Å². The molecule has 2 aromatic heterocycles. The van der Waals surface area contributed by atoms with Crippen molar-refractivity contribution < 1.29 is 5.11 Å². The van der Waals surface area contributed by atoms with E-state index in [2.05, 4.69) is 266 Å². The van der Waals surface area contributed by atoms with Crippen molar-refractivity contribution in [3.05, 3.63) is 253 Å². The average Bonchev–Trinajstić information content (AvgIpc) is 3.85. The number of phenols is 1. The van der Waals surface area contributed by atoms with E-state index in [9.17, 15) is 5.11 Å². The first-order valence-electron chi connectivity index (χ1n) is 26.1. The third kappa shape index (κ3) is 9.49. The number of phenolic OH excluding ortho intramolecular Hbond substituents is 1. The lowest BCUT2D eigenvalue weighted by Gasteiger charge is -2.26. The van der Waals surface area contributed by atoms with Crippen molar-refractivity contribution >= 4 is 11.0 Å². The highest BCUT2D eigenvalue weighted by atomic mass is 16.3. The van der Waals surface area contributed by atoms with Crippen LogP contribution in [0.2, 0.25) is 0 Å². The van der Waals surface area contributed by atoms with E-state index in [1.807, 2.05) is 24.4 Å². The molecule has 9 aromatic carbocycles. The molecule has 11 rings (SSSR count). The van der Waals surface area contributed by atoms with Crippen LogP contribution in [0.3, 0.4) is 0 Å². The van der Waals surface area contributed by atoms with E-state index in [1.165, 1.54) is 16.7 Å². The maximum Gasteiger partial charge on any atom is 0.149 e. The van der Waals surface area contributed by atoms with Gasteiger partial charge in [-0.05, 0) is 133 Å². The van der Waals surface area contributed by atoms with Gasteiger partial charge >= 0.3 is 0 Å². The van der Waals surface area contributed by atoms with Crippen LogP contribution in [0, 0.1) is 0 Å². The molecule has 0 saturated heterocycles. The number of imidazole rings is 1. The van der Waals surface area contributed by atoms with E-state index in [1.54, 1.807) is 0 Å². The minimum Gasteiger partial charge on any atom is -0.507 e. The maximum absolute atomic E-state index is 12.8. The first kappa shape index (κ1) is 48.7. The number of aromatic hydroxyl groups is 1. The molecular weight excluding hydrogens is 911 g/mol. The molecular formula is C71H63N3O. The molecule has 4 nitrogen and oxygen atoms in total. The average molecular weight is 974 g/mol. The number of benzene rings is 9. The van der Waals surface area contributed by atoms with E-state index in [-0.39, 0.29) is 22.0 Å². The fraction of sp³-hybridized carbons (Fsp3) is 0.155. The van der Waals surface area contributed by atoms with Gasteiger partial charge in [0.2, 0.25) is 0 Å². The minimum absolute atomic E-state index is 0.0981. The summed E-state index contributed by atoms with van der Waals surface area (Å²) in [5.74, 6) is 0.847. The van der Waals surface area contributed by atoms with Crippen LogP contribution in [0.15, 0.2) is 231 Å². The summed E-state index contributed by atoms with van der Waals surface area (Å²) in [4.78, 5) is 10.8. The van der Waals surface area contributed by atoms with Crippen molar-refractivity contribution in [3.8, 4) is 89.7 Å². The third-order valence-electron chi connectivity index (χ3n) is 15.0. The molecule has 11 aromatic rings. The summed E-state index contributed by atoms with van der Waals surface area (Å²) < 4.78 is 2.28. The summed E-state index contributed by atoms with van der Waals surface area (Å²) in [7, 11) is 0. The number of aromatic nitrogens is 3. The van der Waals surface area contributed by atoms with Crippen molar-refractivity contribution in [2.45, 2.75) is 71.6 Å². The van der Waals surface area contributed by atoms with E-state index >= 15 is 0 Å². The molecule has 1 N–H and O–H groups in total. The summed E-state index contributed by atoms with van der Waals surface area (Å²) in [5.41, 5.74) is 20.0. The molecule has 0 spiro atoms. The number of rotatable bonds is 10. The predicted octanol–water partition coefficient (Wildman–Crippen LogP) is 18.7. The van der Waals surface area contributed by atoms with Crippen molar-refractivity contribution in [2.75, 3.05) is 0 Å². The first-order chi connectivity index (χ1) is 36.1. The highest BCUT2D eigenvalue weighted by molar-refractivity contribution is 5.99. The Morgan fingerprint density at radius 3 is 1.52 bits per heavy atom. The zero-order valence-corrected chi connectivity index (χ0v) is 44.2. The molecule has 4 heteroatoms. The fourth-order valence-electron chi connectivity index (χ4n) is 10.5. The molecule has 0 unspecified atom stereocenters. The lowest BCUT2D eigenvalue weighted by Crippen LogP contribution is -2.18. The van der Waals surface area contributed by atoms with E-state index in [4.69, 9.17) is 9.97 Å². The molecule has 0 fully saturated rings. The number of pyridine rings is 1.